The van der Waals surface area contributed by atoms with Gasteiger partial charge in [-0.1, -0.05) is 37.7 Å². The van der Waals surface area contributed by atoms with Crippen LogP contribution >= 0.6 is 12.2 Å². The SMILES string of the molecule is CCC1(CNS(=O)(=O)c2cc(C(N)=S)ccc2C)CCC1. The fourth-order valence-electron chi connectivity index (χ4n) is 2.70. The van der Waals surface area contributed by atoms with Gasteiger partial charge in [-0.3, -0.25) is 0 Å². The minimum atomic E-state index is -3.53. The number of hydrogen-bond acceptors (Lipinski definition) is 3. The number of benzene rings is 1. The zero-order valence-electron chi connectivity index (χ0n) is 12.5. The van der Waals surface area contributed by atoms with Crippen LogP contribution < -0.4 is 10.5 Å². The van der Waals surface area contributed by atoms with Crippen molar-refractivity contribution in [2.45, 2.75) is 44.4 Å². The fraction of sp³-hybridized carbons (Fsp3) is 0.533. The minimum Gasteiger partial charge on any atom is -0.389 e. The average molecular weight is 326 g/mol. The molecule has 2 rings (SSSR count). The van der Waals surface area contributed by atoms with Crippen LogP contribution in [0.4, 0.5) is 0 Å². The van der Waals surface area contributed by atoms with E-state index >= 15 is 0 Å². The van der Waals surface area contributed by atoms with Crippen molar-refractivity contribution in [2.24, 2.45) is 11.1 Å². The van der Waals surface area contributed by atoms with Crippen molar-refractivity contribution in [3.05, 3.63) is 29.3 Å². The van der Waals surface area contributed by atoms with E-state index in [1.54, 1.807) is 25.1 Å². The van der Waals surface area contributed by atoms with Gasteiger partial charge in [0.15, 0.2) is 0 Å². The molecule has 0 bridgehead atoms. The number of nitrogens with one attached hydrogen (secondary N) is 1. The molecule has 1 saturated carbocycles. The predicted molar refractivity (Wildman–Crippen MR) is 88.8 cm³/mol. The Hall–Kier alpha value is -0.980. The smallest absolute Gasteiger partial charge is 0.240 e. The number of aryl methyl sites for hydroxylation is 1. The summed E-state index contributed by atoms with van der Waals surface area (Å²) < 4.78 is 27.8. The molecule has 1 aliphatic carbocycles. The van der Waals surface area contributed by atoms with Gasteiger partial charge in [0.1, 0.15) is 4.99 Å². The summed E-state index contributed by atoms with van der Waals surface area (Å²) in [4.78, 5) is 0.467. The Morgan fingerprint density at radius 1 is 1.43 bits per heavy atom. The van der Waals surface area contributed by atoms with Crippen LogP contribution in [0, 0.1) is 12.3 Å². The molecule has 0 heterocycles. The van der Waals surface area contributed by atoms with Crippen LogP contribution in [0.2, 0.25) is 0 Å². The van der Waals surface area contributed by atoms with Crippen molar-refractivity contribution in [1.82, 2.24) is 4.72 Å². The van der Waals surface area contributed by atoms with Crippen LogP contribution in [0.5, 0.6) is 0 Å². The number of rotatable bonds is 6. The van der Waals surface area contributed by atoms with Gasteiger partial charge in [-0.05, 0) is 43.2 Å². The van der Waals surface area contributed by atoms with Gasteiger partial charge >= 0.3 is 0 Å². The maximum absolute atomic E-state index is 12.5. The molecular formula is C15H22N2O2S2. The molecule has 1 fully saturated rings. The second-order valence-electron chi connectivity index (χ2n) is 5.88. The van der Waals surface area contributed by atoms with E-state index in [1.165, 1.54) is 6.42 Å². The lowest BCUT2D eigenvalue weighted by molar-refractivity contribution is 0.133. The van der Waals surface area contributed by atoms with E-state index in [0.717, 1.165) is 19.3 Å². The molecule has 1 aromatic carbocycles. The van der Waals surface area contributed by atoms with E-state index in [1.807, 2.05) is 0 Å². The lowest BCUT2D eigenvalue weighted by Crippen LogP contribution is -2.41. The monoisotopic (exact) mass is 326 g/mol. The standard InChI is InChI=1S/C15H22N2O2S2/c1-3-15(7-4-8-15)10-17-21(18,19)13-9-12(14(16)20)6-5-11(13)2/h5-6,9,17H,3-4,7-8,10H2,1-2H3,(H2,16,20). The zero-order valence-corrected chi connectivity index (χ0v) is 14.1. The molecular weight excluding hydrogens is 304 g/mol. The highest BCUT2D eigenvalue weighted by Crippen LogP contribution is 2.43. The third-order valence-corrected chi connectivity index (χ3v) is 6.34. The molecule has 0 unspecified atom stereocenters. The fourth-order valence-corrected chi connectivity index (χ4v) is 4.25. The van der Waals surface area contributed by atoms with Crippen molar-refractivity contribution in [2.75, 3.05) is 6.54 Å². The normalized spacial score (nSPS) is 17.2. The summed E-state index contributed by atoms with van der Waals surface area (Å²) in [6.07, 6.45) is 4.38. The summed E-state index contributed by atoms with van der Waals surface area (Å²) in [6.45, 7) is 4.39. The summed E-state index contributed by atoms with van der Waals surface area (Å²) in [5, 5.41) is 0. The average Bonchev–Trinajstić information content (AvgIpc) is 2.38. The Bertz CT molecular complexity index is 644. The van der Waals surface area contributed by atoms with Crippen LogP contribution in [0.1, 0.15) is 43.7 Å². The van der Waals surface area contributed by atoms with Gasteiger partial charge in [0.2, 0.25) is 10.0 Å². The van der Waals surface area contributed by atoms with Gasteiger partial charge in [-0.15, -0.1) is 0 Å². The summed E-state index contributed by atoms with van der Waals surface area (Å²) in [7, 11) is -3.53. The van der Waals surface area contributed by atoms with Crippen molar-refractivity contribution in [3.8, 4) is 0 Å². The van der Waals surface area contributed by atoms with Gasteiger partial charge in [-0.25, -0.2) is 13.1 Å². The second-order valence-corrected chi connectivity index (χ2v) is 8.05. The molecule has 1 aliphatic rings. The molecule has 4 nitrogen and oxygen atoms in total. The second kappa shape index (κ2) is 6.02. The highest BCUT2D eigenvalue weighted by atomic mass is 32.2. The molecule has 0 spiro atoms. The quantitative estimate of drug-likeness (QED) is 0.788. The van der Waals surface area contributed by atoms with Crippen LogP contribution in [-0.2, 0) is 10.0 Å². The lowest BCUT2D eigenvalue weighted by atomic mass is 9.67. The molecule has 116 valence electrons. The molecule has 0 saturated heterocycles. The first-order valence-corrected chi connectivity index (χ1v) is 9.09. The molecule has 0 aliphatic heterocycles. The Balaban J connectivity index is 2.23. The summed E-state index contributed by atoms with van der Waals surface area (Å²) in [5.41, 5.74) is 7.00. The number of sulfonamides is 1. The van der Waals surface area contributed by atoms with E-state index in [4.69, 9.17) is 18.0 Å². The van der Waals surface area contributed by atoms with Crippen molar-refractivity contribution in [3.63, 3.8) is 0 Å². The zero-order chi connectivity index (χ0) is 15.7. The van der Waals surface area contributed by atoms with E-state index in [-0.39, 0.29) is 15.3 Å². The first-order chi connectivity index (χ1) is 9.80. The number of thiocarbonyl (C=S) groups is 1. The highest BCUT2D eigenvalue weighted by molar-refractivity contribution is 7.89. The van der Waals surface area contributed by atoms with Crippen LogP contribution in [-0.4, -0.2) is 20.0 Å². The van der Waals surface area contributed by atoms with Gasteiger partial charge in [0, 0.05) is 12.1 Å². The van der Waals surface area contributed by atoms with Crippen molar-refractivity contribution >= 4 is 27.2 Å². The van der Waals surface area contributed by atoms with E-state index in [2.05, 4.69) is 11.6 Å². The summed E-state index contributed by atoms with van der Waals surface area (Å²) in [5.74, 6) is 0. The first kappa shape index (κ1) is 16.4. The van der Waals surface area contributed by atoms with Crippen LogP contribution in [0.15, 0.2) is 23.1 Å². The van der Waals surface area contributed by atoms with Crippen LogP contribution in [0.3, 0.4) is 0 Å². The van der Waals surface area contributed by atoms with E-state index in [9.17, 15) is 8.42 Å². The molecule has 1 aromatic rings. The van der Waals surface area contributed by atoms with Gasteiger partial charge < -0.3 is 5.73 Å². The van der Waals surface area contributed by atoms with Crippen molar-refractivity contribution < 1.29 is 8.42 Å². The lowest BCUT2D eigenvalue weighted by Gasteiger charge is -2.41. The van der Waals surface area contributed by atoms with Gasteiger partial charge in [0.05, 0.1) is 4.90 Å². The first-order valence-electron chi connectivity index (χ1n) is 7.20. The summed E-state index contributed by atoms with van der Waals surface area (Å²) >= 11 is 4.92. The molecule has 0 radical (unpaired) electrons. The molecule has 0 amide bonds. The maximum Gasteiger partial charge on any atom is 0.240 e. The van der Waals surface area contributed by atoms with Gasteiger partial charge in [-0.2, -0.15) is 0 Å². The Morgan fingerprint density at radius 3 is 2.57 bits per heavy atom. The molecule has 21 heavy (non-hydrogen) atoms. The molecule has 6 heteroatoms. The Morgan fingerprint density at radius 2 is 2.10 bits per heavy atom. The number of hydrogen-bond donors (Lipinski definition) is 2. The van der Waals surface area contributed by atoms with E-state index in [0.29, 0.717) is 17.7 Å². The summed E-state index contributed by atoms with van der Waals surface area (Å²) in [6, 6.07) is 5.04. The highest BCUT2D eigenvalue weighted by Gasteiger charge is 2.36. The van der Waals surface area contributed by atoms with Gasteiger partial charge in [0.25, 0.3) is 0 Å². The molecule has 3 N–H and O–H groups in total. The minimum absolute atomic E-state index is 0.141. The maximum atomic E-state index is 12.5. The van der Waals surface area contributed by atoms with Crippen molar-refractivity contribution in [1.29, 1.82) is 0 Å². The Labute approximate surface area is 132 Å². The topological polar surface area (TPSA) is 72.2 Å². The predicted octanol–water partition coefficient (Wildman–Crippen LogP) is 2.49. The third kappa shape index (κ3) is 3.44. The Kier molecular flexibility index (Phi) is 4.70. The number of nitrogens with two attached hydrogens (primary N) is 1. The van der Waals surface area contributed by atoms with Crippen LogP contribution in [0.25, 0.3) is 0 Å². The molecule has 0 aromatic heterocycles. The third-order valence-electron chi connectivity index (χ3n) is 4.56. The largest absolute Gasteiger partial charge is 0.389 e. The van der Waals surface area contributed by atoms with E-state index < -0.39 is 10.0 Å². The molecule has 0 atom stereocenters.